The van der Waals surface area contributed by atoms with Gasteiger partial charge in [0.2, 0.25) is 0 Å². The number of rotatable bonds is 1. The molecule has 0 aliphatic carbocycles. The molecule has 0 bridgehead atoms. The van der Waals surface area contributed by atoms with Crippen LogP contribution in [0.1, 0.15) is 5.56 Å². The van der Waals surface area contributed by atoms with Crippen molar-refractivity contribution in [3.8, 4) is 0 Å². The van der Waals surface area contributed by atoms with Crippen LogP contribution in [0, 0.1) is 6.92 Å². The maximum absolute atomic E-state index is 10.8. The lowest BCUT2D eigenvalue weighted by Gasteiger charge is -1.88. The van der Waals surface area contributed by atoms with E-state index in [0.717, 1.165) is 5.56 Å². The Balaban J connectivity index is 3.21. The van der Waals surface area contributed by atoms with Crippen LogP contribution in [0.25, 0.3) is 0 Å². The number of aromatic amines is 1. The maximum Gasteiger partial charge on any atom is 0.190 e. The van der Waals surface area contributed by atoms with Crippen LogP contribution in [-0.2, 0) is 9.84 Å². The zero-order valence-electron chi connectivity index (χ0n) is 5.88. The summed E-state index contributed by atoms with van der Waals surface area (Å²) in [6.07, 6.45) is 2.84. The molecule has 0 fully saturated rings. The molecule has 0 radical (unpaired) electrons. The monoisotopic (exact) mass is 159 g/mol. The summed E-state index contributed by atoms with van der Waals surface area (Å²) in [7, 11) is -3.04. The van der Waals surface area contributed by atoms with Crippen molar-refractivity contribution in [2.75, 3.05) is 6.26 Å². The van der Waals surface area contributed by atoms with Gasteiger partial charge in [0.25, 0.3) is 0 Å². The minimum Gasteiger partial charge on any atom is -0.352 e. The van der Waals surface area contributed by atoms with E-state index in [1.807, 2.05) is 6.92 Å². The number of nitrogens with one attached hydrogen (secondary N) is 1. The maximum atomic E-state index is 10.8. The van der Waals surface area contributed by atoms with Crippen molar-refractivity contribution in [2.45, 2.75) is 11.9 Å². The van der Waals surface area contributed by atoms with Crippen LogP contribution in [0.3, 0.4) is 0 Å². The van der Waals surface area contributed by atoms with Crippen molar-refractivity contribution >= 4 is 9.84 Å². The van der Waals surface area contributed by atoms with E-state index in [9.17, 15) is 8.42 Å². The first-order valence-electron chi connectivity index (χ1n) is 2.85. The highest BCUT2D eigenvalue weighted by Gasteiger charge is 2.06. The Labute approximate surface area is 60.0 Å². The van der Waals surface area contributed by atoms with Crippen LogP contribution in [0.15, 0.2) is 17.3 Å². The summed E-state index contributed by atoms with van der Waals surface area (Å²) in [4.78, 5) is 2.66. The predicted molar refractivity (Wildman–Crippen MR) is 38.6 cm³/mol. The molecular weight excluding hydrogens is 150 g/mol. The summed E-state index contributed by atoms with van der Waals surface area (Å²) in [6, 6.07) is 1.61. The van der Waals surface area contributed by atoms with E-state index in [2.05, 4.69) is 4.98 Å². The van der Waals surface area contributed by atoms with Gasteiger partial charge in [0.1, 0.15) is 5.03 Å². The fourth-order valence-electron chi connectivity index (χ4n) is 0.689. The molecule has 0 spiro atoms. The largest absolute Gasteiger partial charge is 0.352 e. The van der Waals surface area contributed by atoms with Gasteiger partial charge in [-0.05, 0) is 18.6 Å². The van der Waals surface area contributed by atoms with E-state index in [-0.39, 0.29) is 5.03 Å². The van der Waals surface area contributed by atoms with Crippen molar-refractivity contribution in [3.05, 3.63) is 17.8 Å². The first kappa shape index (κ1) is 7.34. The lowest BCUT2D eigenvalue weighted by molar-refractivity contribution is 0.599. The summed E-state index contributed by atoms with van der Waals surface area (Å²) in [6.45, 7) is 1.84. The number of hydrogen-bond donors (Lipinski definition) is 1. The highest BCUT2D eigenvalue weighted by atomic mass is 32.2. The fourth-order valence-corrected chi connectivity index (χ4v) is 1.36. The van der Waals surface area contributed by atoms with Crippen LogP contribution in [0.5, 0.6) is 0 Å². The molecule has 1 rings (SSSR count). The molecule has 0 aliphatic rings. The molecule has 1 heterocycles. The van der Waals surface area contributed by atoms with Gasteiger partial charge in [-0.15, -0.1) is 0 Å². The Morgan fingerprint density at radius 3 is 2.30 bits per heavy atom. The van der Waals surface area contributed by atoms with Gasteiger partial charge in [-0.25, -0.2) is 8.42 Å². The van der Waals surface area contributed by atoms with Gasteiger partial charge in [0.05, 0.1) is 0 Å². The van der Waals surface area contributed by atoms with Gasteiger partial charge < -0.3 is 4.98 Å². The Bertz CT molecular complexity index is 323. The Morgan fingerprint density at radius 2 is 2.10 bits per heavy atom. The fraction of sp³-hybridized carbons (Fsp3) is 0.333. The quantitative estimate of drug-likeness (QED) is 0.656. The van der Waals surface area contributed by atoms with Crippen molar-refractivity contribution in [1.82, 2.24) is 4.98 Å². The zero-order chi connectivity index (χ0) is 7.78. The zero-order valence-corrected chi connectivity index (χ0v) is 6.70. The van der Waals surface area contributed by atoms with Gasteiger partial charge in [0, 0.05) is 12.5 Å². The molecule has 0 aliphatic heterocycles. The standard InChI is InChI=1S/C6H9NO2S/c1-5-3-6(7-4-5)10(2,8)9/h3-4,7H,1-2H3. The molecule has 0 aromatic carbocycles. The average molecular weight is 159 g/mol. The third-order valence-corrected chi connectivity index (χ3v) is 2.23. The first-order chi connectivity index (χ1) is 4.50. The second kappa shape index (κ2) is 2.12. The molecule has 0 saturated heterocycles. The SMILES string of the molecule is Cc1c[nH]c(S(C)(=O)=O)c1. The molecule has 1 N–H and O–H groups in total. The number of H-pyrrole nitrogens is 1. The van der Waals surface area contributed by atoms with Gasteiger partial charge in [-0.3, -0.25) is 0 Å². The Hall–Kier alpha value is -0.770. The molecule has 1 aromatic heterocycles. The van der Waals surface area contributed by atoms with Gasteiger partial charge in [-0.2, -0.15) is 0 Å². The number of aryl methyl sites for hydroxylation is 1. The van der Waals surface area contributed by atoms with Gasteiger partial charge in [0.15, 0.2) is 9.84 Å². The third kappa shape index (κ3) is 1.39. The van der Waals surface area contributed by atoms with E-state index in [0.29, 0.717) is 0 Å². The first-order valence-corrected chi connectivity index (χ1v) is 4.74. The summed E-state index contributed by atoms with van der Waals surface area (Å²) in [5.74, 6) is 0. The Kier molecular flexibility index (Phi) is 1.56. The van der Waals surface area contributed by atoms with Crippen molar-refractivity contribution in [1.29, 1.82) is 0 Å². The van der Waals surface area contributed by atoms with Crippen LogP contribution < -0.4 is 0 Å². The molecule has 0 amide bonds. The molecule has 10 heavy (non-hydrogen) atoms. The van der Waals surface area contributed by atoms with E-state index < -0.39 is 9.84 Å². The number of sulfone groups is 1. The molecule has 0 atom stereocenters. The molecular formula is C6H9NO2S. The number of hydrogen-bond acceptors (Lipinski definition) is 2. The summed E-state index contributed by atoms with van der Waals surface area (Å²) in [5.41, 5.74) is 0.931. The number of aromatic nitrogens is 1. The normalized spacial score (nSPS) is 11.8. The van der Waals surface area contributed by atoms with Crippen LogP contribution in [-0.4, -0.2) is 19.7 Å². The van der Waals surface area contributed by atoms with Crippen molar-refractivity contribution in [2.24, 2.45) is 0 Å². The summed E-state index contributed by atoms with van der Waals surface area (Å²) >= 11 is 0. The Morgan fingerprint density at radius 1 is 1.50 bits per heavy atom. The van der Waals surface area contributed by atoms with Crippen LogP contribution in [0.4, 0.5) is 0 Å². The predicted octanol–water partition coefficient (Wildman–Crippen LogP) is 0.727. The second-order valence-corrected chi connectivity index (χ2v) is 4.30. The van der Waals surface area contributed by atoms with Crippen LogP contribution >= 0.6 is 0 Å². The third-order valence-electron chi connectivity index (χ3n) is 1.20. The second-order valence-electron chi connectivity index (χ2n) is 2.31. The highest BCUT2D eigenvalue weighted by Crippen LogP contribution is 2.07. The lowest BCUT2D eigenvalue weighted by atomic mass is 10.4. The topological polar surface area (TPSA) is 49.9 Å². The lowest BCUT2D eigenvalue weighted by Crippen LogP contribution is -1.95. The molecule has 0 unspecified atom stereocenters. The molecule has 4 heteroatoms. The molecule has 0 saturated carbocycles. The van der Waals surface area contributed by atoms with Gasteiger partial charge in [-0.1, -0.05) is 0 Å². The minimum atomic E-state index is -3.04. The van der Waals surface area contributed by atoms with E-state index in [1.165, 1.54) is 6.26 Å². The smallest absolute Gasteiger partial charge is 0.190 e. The van der Waals surface area contributed by atoms with E-state index in [4.69, 9.17) is 0 Å². The van der Waals surface area contributed by atoms with Crippen molar-refractivity contribution < 1.29 is 8.42 Å². The van der Waals surface area contributed by atoms with Crippen LogP contribution in [0.2, 0.25) is 0 Å². The van der Waals surface area contributed by atoms with E-state index >= 15 is 0 Å². The van der Waals surface area contributed by atoms with E-state index in [1.54, 1.807) is 12.3 Å². The minimum absolute atomic E-state index is 0.282. The molecule has 1 aromatic rings. The highest BCUT2D eigenvalue weighted by molar-refractivity contribution is 7.90. The summed E-state index contributed by atoms with van der Waals surface area (Å²) in [5, 5.41) is 0.282. The molecule has 3 nitrogen and oxygen atoms in total. The summed E-state index contributed by atoms with van der Waals surface area (Å²) < 4.78 is 21.6. The average Bonchev–Trinajstić information content (AvgIpc) is 2.11. The van der Waals surface area contributed by atoms with Gasteiger partial charge >= 0.3 is 0 Å². The van der Waals surface area contributed by atoms with Crippen molar-refractivity contribution in [3.63, 3.8) is 0 Å². The molecule has 56 valence electrons.